The van der Waals surface area contributed by atoms with Gasteiger partial charge in [0.2, 0.25) is 17.3 Å². The standard InChI is InChI=1S/C20H24ClNO5S/c1-22-7-6-18-9-11(23)15(26-3)17(27-4)19(18,22)10-13(21)20(18)14(28-5)8-12(25-2)16(20)24/h8,10,14H,6-7,9H2,1-5H3/t14-,18+,19+,20+/m0/s1. The van der Waals surface area contributed by atoms with E-state index in [-0.39, 0.29) is 29.0 Å². The van der Waals surface area contributed by atoms with Gasteiger partial charge >= 0.3 is 0 Å². The number of allylic oxidation sites excluding steroid dienone is 3. The summed E-state index contributed by atoms with van der Waals surface area (Å²) in [7, 11) is 6.47. The number of ketones is 2. The van der Waals surface area contributed by atoms with E-state index in [1.54, 1.807) is 11.8 Å². The van der Waals surface area contributed by atoms with Crippen LogP contribution in [0.4, 0.5) is 0 Å². The molecular weight excluding hydrogens is 402 g/mol. The highest BCUT2D eigenvalue weighted by molar-refractivity contribution is 7.99. The lowest BCUT2D eigenvalue weighted by molar-refractivity contribution is -0.138. The number of nitrogens with zero attached hydrogens (tertiary/aromatic N) is 1. The zero-order chi connectivity index (χ0) is 20.5. The largest absolute Gasteiger partial charge is 0.495 e. The minimum Gasteiger partial charge on any atom is -0.495 e. The smallest absolute Gasteiger partial charge is 0.210 e. The van der Waals surface area contributed by atoms with Gasteiger partial charge in [0.15, 0.2) is 11.5 Å². The highest BCUT2D eigenvalue weighted by Crippen LogP contribution is 2.75. The van der Waals surface area contributed by atoms with E-state index in [2.05, 4.69) is 4.90 Å². The number of hydrogen-bond acceptors (Lipinski definition) is 7. The number of Topliss-reactive ketones (excluding diaryl/α,β-unsaturated/α-hetero) is 2. The van der Waals surface area contributed by atoms with Crippen LogP contribution in [0.5, 0.6) is 0 Å². The number of carbonyl (C=O) groups excluding carboxylic acids is 2. The van der Waals surface area contributed by atoms with Gasteiger partial charge < -0.3 is 14.2 Å². The van der Waals surface area contributed by atoms with Crippen LogP contribution in [-0.2, 0) is 23.8 Å². The minimum atomic E-state index is -1.07. The number of ether oxygens (including phenoxy) is 3. The van der Waals surface area contributed by atoms with Crippen molar-refractivity contribution in [1.82, 2.24) is 4.90 Å². The van der Waals surface area contributed by atoms with E-state index in [0.717, 1.165) is 0 Å². The van der Waals surface area contributed by atoms with E-state index in [1.165, 1.54) is 21.3 Å². The van der Waals surface area contributed by atoms with Crippen molar-refractivity contribution in [3.05, 3.63) is 34.5 Å². The fraction of sp³-hybridized carbons (Fsp3) is 0.600. The van der Waals surface area contributed by atoms with Crippen LogP contribution in [0.1, 0.15) is 12.8 Å². The fourth-order valence-corrected chi connectivity index (χ4v) is 7.77. The molecule has 0 N–H and O–H groups in total. The van der Waals surface area contributed by atoms with Gasteiger partial charge in [-0.2, -0.15) is 11.8 Å². The molecule has 1 saturated heterocycles. The molecule has 4 aliphatic rings. The molecule has 1 heterocycles. The molecule has 0 aromatic rings. The first kappa shape index (κ1) is 19.9. The molecule has 1 aliphatic heterocycles. The zero-order valence-electron chi connectivity index (χ0n) is 16.6. The summed E-state index contributed by atoms with van der Waals surface area (Å²) in [6.45, 7) is 0.705. The van der Waals surface area contributed by atoms with Crippen molar-refractivity contribution in [3.63, 3.8) is 0 Å². The SMILES string of the molecule is COC1=C[C@H](SC)[C@@]2(C1=O)C(Cl)=C[C@@]13C(OC)=C(OC)C(=O)C[C@@]21CCN3C. The maximum atomic E-state index is 13.7. The molecular formula is C20H24ClNO5S. The Bertz CT molecular complexity index is 867. The Hall–Kier alpha value is -1.44. The van der Waals surface area contributed by atoms with Crippen LogP contribution in [-0.4, -0.2) is 68.4 Å². The molecule has 152 valence electrons. The van der Waals surface area contributed by atoms with Gasteiger partial charge in [0.05, 0.1) is 26.7 Å². The van der Waals surface area contributed by atoms with Crippen LogP contribution in [0.15, 0.2) is 34.5 Å². The Morgan fingerprint density at radius 3 is 2.50 bits per heavy atom. The Balaban J connectivity index is 2.07. The van der Waals surface area contributed by atoms with E-state index in [0.29, 0.717) is 29.5 Å². The van der Waals surface area contributed by atoms with E-state index in [1.807, 2.05) is 25.5 Å². The van der Waals surface area contributed by atoms with Gasteiger partial charge in [0, 0.05) is 22.1 Å². The molecule has 1 fully saturated rings. The number of likely N-dealkylation sites (tertiary alicyclic amines) is 1. The molecule has 0 saturated carbocycles. The predicted molar refractivity (Wildman–Crippen MR) is 107 cm³/mol. The monoisotopic (exact) mass is 425 g/mol. The number of carbonyl (C=O) groups is 2. The maximum Gasteiger partial charge on any atom is 0.210 e. The Morgan fingerprint density at radius 2 is 1.93 bits per heavy atom. The summed E-state index contributed by atoms with van der Waals surface area (Å²) in [5.41, 5.74) is -2.65. The first-order chi connectivity index (χ1) is 13.3. The van der Waals surface area contributed by atoms with Crippen LogP contribution in [0.25, 0.3) is 0 Å². The summed E-state index contributed by atoms with van der Waals surface area (Å²) in [5, 5.41) is 0.216. The zero-order valence-corrected chi connectivity index (χ0v) is 18.2. The maximum absolute atomic E-state index is 13.7. The molecule has 0 bridgehead atoms. The molecule has 4 atom stereocenters. The van der Waals surface area contributed by atoms with Gasteiger partial charge in [0.1, 0.15) is 5.54 Å². The normalized spacial score (nSPS) is 39.9. The summed E-state index contributed by atoms with van der Waals surface area (Å²) in [5.74, 6) is 0.619. The number of hydrogen-bond donors (Lipinski definition) is 0. The van der Waals surface area contributed by atoms with Gasteiger partial charge in [-0.3, -0.25) is 14.5 Å². The Kier molecular flexibility index (Phi) is 4.45. The lowest BCUT2D eigenvalue weighted by Crippen LogP contribution is -2.63. The van der Waals surface area contributed by atoms with Crippen LogP contribution in [0.3, 0.4) is 0 Å². The number of rotatable bonds is 4. The van der Waals surface area contributed by atoms with Crippen LogP contribution in [0, 0.1) is 10.8 Å². The molecule has 4 rings (SSSR count). The predicted octanol–water partition coefficient (Wildman–Crippen LogP) is 2.49. The molecule has 6 nitrogen and oxygen atoms in total. The number of likely N-dealkylation sites (N-methyl/N-ethyl adjacent to an activating group) is 1. The third-order valence-corrected chi connectivity index (χ3v) is 8.54. The van der Waals surface area contributed by atoms with Crippen molar-refractivity contribution in [2.75, 3.05) is 41.2 Å². The molecule has 0 radical (unpaired) electrons. The topological polar surface area (TPSA) is 65.1 Å². The van der Waals surface area contributed by atoms with E-state index >= 15 is 0 Å². The quantitative estimate of drug-likeness (QED) is 0.685. The lowest BCUT2D eigenvalue weighted by atomic mass is 9.52. The second-order valence-electron chi connectivity index (χ2n) is 7.71. The van der Waals surface area contributed by atoms with Crippen molar-refractivity contribution in [2.45, 2.75) is 23.6 Å². The lowest BCUT2D eigenvalue weighted by Gasteiger charge is -2.53. The molecule has 0 aromatic heterocycles. The van der Waals surface area contributed by atoms with Gasteiger partial charge in [-0.15, -0.1) is 0 Å². The first-order valence-electron chi connectivity index (χ1n) is 9.11. The van der Waals surface area contributed by atoms with Crippen molar-refractivity contribution >= 4 is 34.9 Å². The molecule has 3 aliphatic carbocycles. The molecule has 28 heavy (non-hydrogen) atoms. The van der Waals surface area contributed by atoms with Crippen molar-refractivity contribution < 1.29 is 23.8 Å². The molecule has 0 aromatic carbocycles. The minimum absolute atomic E-state index is 0.156. The summed E-state index contributed by atoms with van der Waals surface area (Å²) in [4.78, 5) is 29.0. The Labute approximate surface area is 173 Å². The van der Waals surface area contributed by atoms with Crippen LogP contribution < -0.4 is 0 Å². The summed E-state index contributed by atoms with van der Waals surface area (Å²) < 4.78 is 16.6. The third kappa shape index (κ3) is 1.82. The van der Waals surface area contributed by atoms with Gasteiger partial charge in [0.25, 0.3) is 0 Å². The number of methoxy groups -OCH3 is 3. The van der Waals surface area contributed by atoms with Crippen molar-refractivity contribution in [1.29, 1.82) is 0 Å². The van der Waals surface area contributed by atoms with E-state index in [9.17, 15) is 9.59 Å². The highest BCUT2D eigenvalue weighted by atomic mass is 35.5. The second-order valence-corrected chi connectivity index (χ2v) is 9.09. The van der Waals surface area contributed by atoms with Gasteiger partial charge in [-0.05, 0) is 38.4 Å². The number of thioether (sulfide) groups is 1. The van der Waals surface area contributed by atoms with Gasteiger partial charge in [-0.1, -0.05) is 11.6 Å². The highest BCUT2D eigenvalue weighted by Gasteiger charge is 2.81. The van der Waals surface area contributed by atoms with E-state index in [4.69, 9.17) is 25.8 Å². The van der Waals surface area contributed by atoms with Gasteiger partial charge in [-0.25, -0.2) is 0 Å². The second kappa shape index (κ2) is 6.28. The molecule has 0 amide bonds. The summed E-state index contributed by atoms with van der Waals surface area (Å²) in [6, 6.07) is 0. The van der Waals surface area contributed by atoms with E-state index < -0.39 is 16.4 Å². The van der Waals surface area contributed by atoms with Crippen molar-refractivity contribution in [3.8, 4) is 0 Å². The number of halogens is 1. The van der Waals surface area contributed by atoms with Crippen molar-refractivity contribution in [2.24, 2.45) is 10.8 Å². The molecule has 0 unspecified atom stereocenters. The average molecular weight is 426 g/mol. The Morgan fingerprint density at radius 1 is 1.21 bits per heavy atom. The third-order valence-electron chi connectivity index (χ3n) is 7.13. The summed E-state index contributed by atoms with van der Waals surface area (Å²) in [6.07, 6.45) is 6.51. The first-order valence-corrected chi connectivity index (χ1v) is 10.8. The molecule has 1 spiro atoms. The van der Waals surface area contributed by atoms with Crippen LogP contribution in [0.2, 0.25) is 0 Å². The molecule has 8 heteroatoms. The fourth-order valence-electron chi connectivity index (χ4n) is 6.09. The van der Waals surface area contributed by atoms with Crippen LogP contribution >= 0.6 is 23.4 Å². The summed E-state index contributed by atoms with van der Waals surface area (Å²) >= 11 is 8.49. The average Bonchev–Trinajstić information content (AvgIpc) is 3.22.